The van der Waals surface area contributed by atoms with Gasteiger partial charge in [-0.15, -0.1) is 0 Å². The summed E-state index contributed by atoms with van der Waals surface area (Å²) in [6, 6.07) is 17.1. The fraction of sp³-hybridized carbons (Fsp3) is 0.444. The third-order valence-corrected chi connectivity index (χ3v) is 9.44. The number of aromatic nitrogens is 3. The topological polar surface area (TPSA) is 105 Å². The number of hydrogen-bond donors (Lipinski definition) is 0. The number of carbonyl (C=O) groups excluding carboxylic acids is 2. The number of imidazole rings is 1. The zero-order valence-electron chi connectivity index (χ0n) is 26.4. The molecule has 2 saturated heterocycles. The molecular formula is C36H40N4O6. The summed E-state index contributed by atoms with van der Waals surface area (Å²) >= 11 is 0. The lowest BCUT2D eigenvalue weighted by Crippen LogP contribution is -2.35. The fourth-order valence-corrected chi connectivity index (χ4v) is 6.45. The van der Waals surface area contributed by atoms with Crippen LogP contribution in [-0.4, -0.2) is 71.2 Å². The predicted octanol–water partition coefficient (Wildman–Crippen LogP) is 5.57. The zero-order valence-corrected chi connectivity index (χ0v) is 26.4. The summed E-state index contributed by atoms with van der Waals surface area (Å²) in [5.74, 6) is 2.58. The van der Waals surface area contributed by atoms with Gasteiger partial charge in [0.15, 0.2) is 5.78 Å². The molecule has 0 bridgehead atoms. The van der Waals surface area contributed by atoms with E-state index in [0.717, 1.165) is 93.0 Å². The minimum atomic E-state index is -0.350. The molecule has 0 amide bonds. The quantitative estimate of drug-likeness (QED) is 0.148. The summed E-state index contributed by atoms with van der Waals surface area (Å²) in [6.45, 7) is 4.40. The fourth-order valence-electron chi connectivity index (χ4n) is 6.45. The van der Waals surface area contributed by atoms with Crippen LogP contribution in [0.2, 0.25) is 0 Å². The van der Waals surface area contributed by atoms with Crippen LogP contribution in [0.4, 0.5) is 0 Å². The maximum Gasteiger partial charge on any atom is 0.337 e. The van der Waals surface area contributed by atoms with E-state index in [0.29, 0.717) is 35.3 Å². The lowest BCUT2D eigenvalue weighted by atomic mass is 9.93. The highest BCUT2D eigenvalue weighted by Gasteiger charge is 2.31. The molecule has 2 aliphatic heterocycles. The molecule has 10 heteroatoms. The molecule has 1 aliphatic carbocycles. The van der Waals surface area contributed by atoms with E-state index in [9.17, 15) is 9.59 Å². The summed E-state index contributed by atoms with van der Waals surface area (Å²) < 4.78 is 24.6. The largest absolute Gasteiger partial charge is 0.496 e. The Balaban J connectivity index is 0.986. The maximum atomic E-state index is 12.5. The lowest BCUT2D eigenvalue weighted by molar-refractivity contribution is -0.0592. The molecular weight excluding hydrogens is 584 g/mol. The molecule has 0 spiro atoms. The molecule has 240 valence electrons. The van der Waals surface area contributed by atoms with Gasteiger partial charge >= 0.3 is 5.97 Å². The number of ether oxygens (including phenoxy) is 4. The number of benzene rings is 2. The zero-order chi connectivity index (χ0) is 31.6. The summed E-state index contributed by atoms with van der Waals surface area (Å²) in [5, 5.41) is 0. The number of likely N-dealkylation sites (tertiary alicyclic amines) is 1. The highest BCUT2D eigenvalue weighted by Crippen LogP contribution is 2.34. The Morgan fingerprint density at radius 1 is 0.935 bits per heavy atom. The van der Waals surface area contributed by atoms with E-state index in [1.54, 1.807) is 13.2 Å². The predicted molar refractivity (Wildman–Crippen MR) is 171 cm³/mol. The van der Waals surface area contributed by atoms with E-state index < -0.39 is 0 Å². The van der Waals surface area contributed by atoms with Gasteiger partial charge in [0.05, 0.1) is 50.0 Å². The number of esters is 1. The number of pyridine rings is 1. The Kier molecular flexibility index (Phi) is 8.73. The highest BCUT2D eigenvalue weighted by molar-refractivity contribution is 5.99. The van der Waals surface area contributed by atoms with Crippen molar-refractivity contribution in [2.45, 2.75) is 63.8 Å². The summed E-state index contributed by atoms with van der Waals surface area (Å²) in [4.78, 5) is 37.0. The Labute approximate surface area is 268 Å². The van der Waals surface area contributed by atoms with E-state index in [1.165, 1.54) is 7.11 Å². The van der Waals surface area contributed by atoms with Gasteiger partial charge in [-0.25, -0.2) is 14.8 Å². The molecule has 2 aromatic heterocycles. The van der Waals surface area contributed by atoms with Crippen molar-refractivity contribution in [1.29, 1.82) is 0 Å². The molecule has 4 heterocycles. The van der Waals surface area contributed by atoms with Gasteiger partial charge in [-0.1, -0.05) is 18.2 Å². The van der Waals surface area contributed by atoms with Crippen molar-refractivity contribution in [2.24, 2.45) is 5.92 Å². The highest BCUT2D eigenvalue weighted by atomic mass is 16.5. The number of hydrogen-bond acceptors (Lipinski definition) is 9. The van der Waals surface area contributed by atoms with E-state index in [-0.39, 0.29) is 23.8 Å². The number of nitrogens with zero attached hydrogens (tertiary/aromatic N) is 4. The third kappa shape index (κ3) is 6.50. The van der Waals surface area contributed by atoms with E-state index >= 15 is 0 Å². The second kappa shape index (κ2) is 13.2. The minimum absolute atomic E-state index is 0.168. The van der Waals surface area contributed by atoms with Crippen LogP contribution in [0, 0.1) is 5.92 Å². The van der Waals surface area contributed by atoms with Crippen molar-refractivity contribution in [3.05, 3.63) is 82.8 Å². The Morgan fingerprint density at radius 2 is 1.74 bits per heavy atom. The number of Topliss-reactive ketones (excluding diaryl/α,β-unsaturated/α-hetero) is 1. The van der Waals surface area contributed by atoms with Gasteiger partial charge in [0.2, 0.25) is 5.88 Å². The molecule has 2 aromatic carbocycles. The molecule has 1 atom stereocenters. The lowest BCUT2D eigenvalue weighted by Gasteiger charge is -2.32. The molecule has 0 unspecified atom stereocenters. The van der Waals surface area contributed by atoms with Crippen LogP contribution in [-0.2, 0) is 29.2 Å². The van der Waals surface area contributed by atoms with Gasteiger partial charge in [0, 0.05) is 41.3 Å². The first-order chi connectivity index (χ1) is 22.5. The van der Waals surface area contributed by atoms with Crippen molar-refractivity contribution in [3.63, 3.8) is 0 Å². The average Bonchev–Trinajstić information content (AvgIpc) is 3.87. The van der Waals surface area contributed by atoms with Crippen LogP contribution in [0.3, 0.4) is 0 Å². The first-order valence-electron chi connectivity index (χ1n) is 16.2. The molecule has 0 N–H and O–H groups in total. The summed E-state index contributed by atoms with van der Waals surface area (Å²) in [5.41, 5.74) is 4.95. The monoisotopic (exact) mass is 624 g/mol. The smallest absolute Gasteiger partial charge is 0.337 e. The van der Waals surface area contributed by atoms with Gasteiger partial charge in [-0.3, -0.25) is 9.69 Å². The number of rotatable bonds is 12. The molecule has 7 rings (SSSR count). The Hall–Kier alpha value is -4.28. The normalized spacial score (nSPS) is 18.7. The standard InChI is InChI=1S/C36H40N4O6/c1-43-32-19-25(35(41)24-6-7-24)8-9-27(32)22-46-34-5-3-4-29(38-34)23-12-15-39(16-13-23)21-33-37-30-11-10-26(36(42)44-2)18-31(30)40(33)20-28-14-17-45-28/h3-5,8-11,18-19,23-24,28H,6-7,12-17,20-22H2,1-2H3/t28-/m0/s1. The molecule has 10 nitrogen and oxygen atoms in total. The van der Waals surface area contributed by atoms with Crippen molar-refractivity contribution in [2.75, 3.05) is 33.9 Å². The third-order valence-electron chi connectivity index (χ3n) is 9.44. The van der Waals surface area contributed by atoms with Crippen LogP contribution in [0.5, 0.6) is 11.6 Å². The first-order valence-corrected chi connectivity index (χ1v) is 16.2. The van der Waals surface area contributed by atoms with Crippen molar-refractivity contribution in [3.8, 4) is 11.6 Å². The van der Waals surface area contributed by atoms with Crippen molar-refractivity contribution >= 4 is 22.8 Å². The van der Waals surface area contributed by atoms with E-state index in [4.69, 9.17) is 28.9 Å². The molecule has 4 aromatic rings. The molecule has 46 heavy (non-hydrogen) atoms. The van der Waals surface area contributed by atoms with E-state index in [1.807, 2.05) is 42.5 Å². The average molecular weight is 625 g/mol. The number of piperidine rings is 1. The van der Waals surface area contributed by atoms with Gasteiger partial charge in [0.25, 0.3) is 0 Å². The second-order valence-corrected chi connectivity index (χ2v) is 12.5. The maximum absolute atomic E-state index is 12.5. The molecule has 3 fully saturated rings. The van der Waals surface area contributed by atoms with Crippen LogP contribution in [0.25, 0.3) is 11.0 Å². The number of fused-ring (bicyclic) bond motifs is 1. The first kappa shape index (κ1) is 30.4. The van der Waals surface area contributed by atoms with Crippen molar-refractivity contribution in [1.82, 2.24) is 19.4 Å². The summed E-state index contributed by atoms with van der Waals surface area (Å²) in [6.07, 6.45) is 5.12. The Morgan fingerprint density at radius 3 is 2.46 bits per heavy atom. The van der Waals surface area contributed by atoms with Crippen LogP contribution >= 0.6 is 0 Å². The Bertz CT molecular complexity index is 1740. The SMILES string of the molecule is COC(=O)c1ccc2nc(CN3CCC(c4cccc(OCc5ccc(C(=O)C6CC6)cc5OC)n4)CC3)n(C[C@@H]3CCO3)c2c1. The number of ketones is 1. The summed E-state index contributed by atoms with van der Waals surface area (Å²) in [7, 11) is 3.02. The van der Waals surface area contributed by atoms with Gasteiger partial charge in [-0.2, -0.15) is 0 Å². The second-order valence-electron chi connectivity index (χ2n) is 12.5. The van der Waals surface area contributed by atoms with Gasteiger partial charge < -0.3 is 23.5 Å². The van der Waals surface area contributed by atoms with Crippen molar-refractivity contribution < 1.29 is 28.5 Å². The number of methoxy groups -OCH3 is 2. The van der Waals surface area contributed by atoms with E-state index in [2.05, 4.69) is 15.5 Å². The van der Waals surface area contributed by atoms with Crippen LogP contribution in [0.1, 0.15) is 75.8 Å². The molecule has 3 aliphatic rings. The van der Waals surface area contributed by atoms with Gasteiger partial charge in [0.1, 0.15) is 18.2 Å². The number of carbonyl (C=O) groups is 2. The molecule has 0 radical (unpaired) electrons. The van der Waals surface area contributed by atoms with Gasteiger partial charge in [-0.05, 0) is 75.5 Å². The van der Waals surface area contributed by atoms with Crippen LogP contribution < -0.4 is 9.47 Å². The van der Waals surface area contributed by atoms with Crippen LogP contribution in [0.15, 0.2) is 54.6 Å². The minimum Gasteiger partial charge on any atom is -0.496 e. The molecule has 1 saturated carbocycles.